The molecule has 0 radical (unpaired) electrons. The van der Waals surface area contributed by atoms with Crippen LogP contribution in [0.1, 0.15) is 35.9 Å². The number of para-hydroxylation sites is 1. The average Bonchev–Trinajstić information content (AvgIpc) is 2.74. The smallest absolute Gasteiger partial charge is 0.340 e. The highest BCUT2D eigenvalue weighted by molar-refractivity contribution is 5.91. The molecule has 0 saturated carbocycles. The molecule has 2 aromatic carbocycles. The van der Waals surface area contributed by atoms with E-state index in [0.29, 0.717) is 12.1 Å². The van der Waals surface area contributed by atoms with Crippen molar-refractivity contribution in [2.24, 2.45) is 0 Å². The Balaban J connectivity index is 2.34. The first-order valence-corrected chi connectivity index (χ1v) is 9.18. The molecule has 1 aromatic heterocycles. The first kappa shape index (κ1) is 20.2. The summed E-state index contributed by atoms with van der Waals surface area (Å²) in [6.45, 7) is 3.75. The van der Waals surface area contributed by atoms with Crippen molar-refractivity contribution < 1.29 is 9.18 Å². The van der Waals surface area contributed by atoms with Gasteiger partial charge in [0, 0.05) is 13.6 Å². The molecular weight excluding hydrogens is 375 g/mol. The van der Waals surface area contributed by atoms with Gasteiger partial charge in [0.05, 0.1) is 6.04 Å². The third kappa shape index (κ3) is 3.73. The lowest BCUT2D eigenvalue weighted by Gasteiger charge is -2.19. The zero-order chi connectivity index (χ0) is 21.1. The Morgan fingerprint density at radius 2 is 1.72 bits per heavy atom. The van der Waals surface area contributed by atoms with E-state index in [-0.39, 0.29) is 5.69 Å². The number of hydrogen-bond donors (Lipinski definition) is 0. The lowest BCUT2D eigenvalue weighted by Crippen LogP contribution is -2.47. The van der Waals surface area contributed by atoms with Crippen molar-refractivity contribution >= 4 is 5.91 Å². The number of nitrogens with zero attached hydrogens (tertiary/aromatic N) is 4. The molecule has 0 bridgehead atoms. The van der Waals surface area contributed by atoms with Crippen LogP contribution in [0.15, 0.2) is 64.2 Å². The molecule has 0 saturated heterocycles. The van der Waals surface area contributed by atoms with Crippen LogP contribution in [0.4, 0.5) is 4.39 Å². The predicted molar refractivity (Wildman–Crippen MR) is 107 cm³/mol. The van der Waals surface area contributed by atoms with Gasteiger partial charge >= 0.3 is 5.69 Å². The molecule has 0 fully saturated rings. The van der Waals surface area contributed by atoms with Gasteiger partial charge in [0.1, 0.15) is 11.5 Å². The zero-order valence-electron chi connectivity index (χ0n) is 16.4. The fourth-order valence-corrected chi connectivity index (χ4v) is 2.95. The van der Waals surface area contributed by atoms with E-state index in [1.54, 1.807) is 44.2 Å². The maximum absolute atomic E-state index is 14.4. The molecule has 0 aliphatic carbocycles. The minimum Gasteiger partial charge on any atom is -0.340 e. The predicted octanol–water partition coefficient (Wildman–Crippen LogP) is 2.23. The highest BCUT2D eigenvalue weighted by Crippen LogP contribution is 2.15. The maximum atomic E-state index is 14.4. The maximum Gasteiger partial charge on any atom is 0.352 e. The molecule has 0 spiro atoms. The Labute approximate surface area is 166 Å². The molecule has 7 nitrogen and oxygen atoms in total. The lowest BCUT2D eigenvalue weighted by atomic mass is 10.1. The number of amides is 1. The summed E-state index contributed by atoms with van der Waals surface area (Å²) in [6.07, 6.45) is 0. The second-order valence-corrected chi connectivity index (χ2v) is 6.58. The molecule has 1 amide bonds. The van der Waals surface area contributed by atoms with Gasteiger partial charge < -0.3 is 4.90 Å². The highest BCUT2D eigenvalue weighted by atomic mass is 19.1. The first-order chi connectivity index (χ1) is 13.9. The van der Waals surface area contributed by atoms with E-state index in [2.05, 4.69) is 5.10 Å². The Bertz CT molecular complexity index is 1150. The highest BCUT2D eigenvalue weighted by Gasteiger charge is 2.25. The largest absolute Gasteiger partial charge is 0.352 e. The molecule has 1 unspecified atom stereocenters. The summed E-state index contributed by atoms with van der Waals surface area (Å²) in [7, 11) is 1.52. The molecule has 3 aromatic rings. The number of carbonyl (C=O) groups is 1. The summed E-state index contributed by atoms with van der Waals surface area (Å²) in [6, 6.07) is 13.8. The van der Waals surface area contributed by atoms with Crippen molar-refractivity contribution in [2.45, 2.75) is 19.9 Å². The van der Waals surface area contributed by atoms with E-state index in [9.17, 15) is 18.8 Å². The third-order valence-electron chi connectivity index (χ3n) is 4.78. The van der Waals surface area contributed by atoms with Gasteiger partial charge in [0.25, 0.3) is 11.5 Å². The van der Waals surface area contributed by atoms with Crippen molar-refractivity contribution in [3.05, 3.63) is 92.5 Å². The summed E-state index contributed by atoms with van der Waals surface area (Å²) in [5.41, 5.74) is -1.53. The van der Waals surface area contributed by atoms with E-state index < -0.39 is 34.7 Å². The van der Waals surface area contributed by atoms with Gasteiger partial charge in [0.15, 0.2) is 0 Å². The monoisotopic (exact) mass is 396 g/mol. The summed E-state index contributed by atoms with van der Waals surface area (Å²) >= 11 is 0. The van der Waals surface area contributed by atoms with E-state index in [1.165, 1.54) is 30.1 Å². The van der Waals surface area contributed by atoms with Crippen LogP contribution in [-0.2, 0) is 0 Å². The van der Waals surface area contributed by atoms with Gasteiger partial charge in [-0.1, -0.05) is 42.5 Å². The minimum absolute atomic E-state index is 0.139. The van der Waals surface area contributed by atoms with Crippen LogP contribution >= 0.6 is 0 Å². The fraction of sp³-hybridized carbons (Fsp3) is 0.238. The summed E-state index contributed by atoms with van der Waals surface area (Å²) < 4.78 is 16.1. The van der Waals surface area contributed by atoms with Crippen LogP contribution in [0.5, 0.6) is 0 Å². The van der Waals surface area contributed by atoms with Crippen molar-refractivity contribution in [1.82, 2.24) is 19.2 Å². The Hall–Kier alpha value is -3.55. The van der Waals surface area contributed by atoms with Crippen LogP contribution in [-0.4, -0.2) is 38.7 Å². The van der Waals surface area contributed by atoms with E-state index in [0.717, 1.165) is 9.25 Å². The SMILES string of the molecule is CCN(C)C(=O)c1nn(-c2ccccc2F)c(=O)n(C(C)c2ccccc2)c1=O. The number of carbonyl (C=O) groups excluding carboxylic acids is 1. The molecule has 8 heteroatoms. The van der Waals surface area contributed by atoms with Gasteiger partial charge in [0.2, 0.25) is 5.69 Å². The molecule has 0 aliphatic rings. The Kier molecular flexibility index (Phi) is 5.72. The topological polar surface area (TPSA) is 77.2 Å². The van der Waals surface area contributed by atoms with Crippen molar-refractivity contribution in [3.8, 4) is 5.69 Å². The van der Waals surface area contributed by atoms with Crippen LogP contribution in [0.25, 0.3) is 5.69 Å². The van der Waals surface area contributed by atoms with Gasteiger partial charge in [-0.15, -0.1) is 0 Å². The number of benzene rings is 2. The number of halogens is 1. The number of aromatic nitrogens is 3. The standard InChI is InChI=1S/C21H21FN4O3/c1-4-24(3)19(27)18-20(28)25(14(2)15-10-6-5-7-11-15)21(29)26(23-18)17-13-9-8-12-16(17)22/h5-14H,4H2,1-3H3. The van der Waals surface area contributed by atoms with Gasteiger partial charge in [-0.2, -0.15) is 9.78 Å². The zero-order valence-corrected chi connectivity index (χ0v) is 16.4. The van der Waals surface area contributed by atoms with Crippen LogP contribution < -0.4 is 11.2 Å². The van der Waals surface area contributed by atoms with E-state index in [1.807, 2.05) is 6.07 Å². The van der Waals surface area contributed by atoms with Crippen molar-refractivity contribution in [3.63, 3.8) is 0 Å². The molecule has 3 rings (SSSR count). The van der Waals surface area contributed by atoms with Gasteiger partial charge in [-0.05, 0) is 31.5 Å². The minimum atomic E-state index is -0.827. The quantitative estimate of drug-likeness (QED) is 0.663. The lowest BCUT2D eigenvalue weighted by molar-refractivity contribution is 0.0791. The normalized spacial score (nSPS) is 11.9. The van der Waals surface area contributed by atoms with Crippen molar-refractivity contribution in [2.75, 3.05) is 13.6 Å². The summed E-state index contributed by atoms with van der Waals surface area (Å²) in [5.74, 6) is -1.33. The Morgan fingerprint density at radius 3 is 2.34 bits per heavy atom. The molecule has 0 aliphatic heterocycles. The molecular formula is C21H21FN4O3. The molecule has 150 valence electrons. The summed E-state index contributed by atoms with van der Waals surface area (Å²) in [5, 5.41) is 3.95. The van der Waals surface area contributed by atoms with Crippen LogP contribution in [0.2, 0.25) is 0 Å². The molecule has 0 N–H and O–H groups in total. The third-order valence-corrected chi connectivity index (χ3v) is 4.78. The van der Waals surface area contributed by atoms with E-state index in [4.69, 9.17) is 0 Å². The number of rotatable bonds is 5. The van der Waals surface area contributed by atoms with E-state index >= 15 is 0 Å². The first-order valence-electron chi connectivity index (χ1n) is 9.18. The Morgan fingerprint density at radius 1 is 1.10 bits per heavy atom. The summed E-state index contributed by atoms with van der Waals surface area (Å²) in [4.78, 5) is 40.3. The molecule has 1 atom stereocenters. The average molecular weight is 396 g/mol. The van der Waals surface area contributed by atoms with Crippen molar-refractivity contribution in [1.29, 1.82) is 0 Å². The van der Waals surface area contributed by atoms with Gasteiger partial charge in [-0.25, -0.2) is 13.8 Å². The van der Waals surface area contributed by atoms with Crippen LogP contribution in [0.3, 0.4) is 0 Å². The second kappa shape index (κ2) is 8.22. The molecule has 29 heavy (non-hydrogen) atoms. The fourth-order valence-electron chi connectivity index (χ4n) is 2.95. The molecule has 1 heterocycles. The van der Waals surface area contributed by atoms with Gasteiger partial charge in [-0.3, -0.25) is 9.59 Å². The second-order valence-electron chi connectivity index (χ2n) is 6.58. The number of hydrogen-bond acceptors (Lipinski definition) is 4. The van der Waals surface area contributed by atoms with Crippen LogP contribution in [0, 0.1) is 5.82 Å².